The summed E-state index contributed by atoms with van der Waals surface area (Å²) in [5.41, 5.74) is 1.21. The summed E-state index contributed by atoms with van der Waals surface area (Å²) in [6, 6.07) is 4.28. The number of aryl methyl sites for hydroxylation is 1. The Morgan fingerprint density at radius 1 is 1.26 bits per heavy atom. The first-order chi connectivity index (χ1) is 11.1. The van der Waals surface area contributed by atoms with Crippen LogP contribution in [-0.4, -0.2) is 53.2 Å². The molecule has 1 aliphatic rings. The third kappa shape index (κ3) is 3.91. The Kier molecular flexibility index (Phi) is 4.96. The first kappa shape index (κ1) is 16.0. The Bertz CT molecular complexity index is 617. The Labute approximate surface area is 139 Å². The predicted molar refractivity (Wildman–Crippen MR) is 93.9 cm³/mol. The zero-order valence-corrected chi connectivity index (χ0v) is 14.4. The molecular formula is C18H27N5. The van der Waals surface area contributed by atoms with E-state index in [9.17, 15) is 0 Å². The van der Waals surface area contributed by atoms with Crippen LogP contribution < -0.4 is 4.90 Å². The van der Waals surface area contributed by atoms with E-state index < -0.39 is 0 Å². The SMILES string of the molecule is Cc1ccc(N2CCC[C@H](c3nccn3CCN(C)C)C2)nc1. The van der Waals surface area contributed by atoms with Crippen LogP contribution >= 0.6 is 0 Å². The molecule has 0 bridgehead atoms. The normalized spacial score (nSPS) is 18.6. The average Bonchev–Trinajstić information content (AvgIpc) is 3.02. The molecule has 124 valence electrons. The molecule has 1 saturated heterocycles. The maximum absolute atomic E-state index is 4.66. The third-order valence-electron chi connectivity index (χ3n) is 4.54. The molecule has 0 aliphatic carbocycles. The van der Waals surface area contributed by atoms with E-state index in [0.29, 0.717) is 5.92 Å². The van der Waals surface area contributed by atoms with Gasteiger partial charge in [0.25, 0.3) is 0 Å². The van der Waals surface area contributed by atoms with E-state index in [1.807, 2.05) is 12.4 Å². The summed E-state index contributed by atoms with van der Waals surface area (Å²) in [6.45, 7) is 6.22. The molecule has 0 N–H and O–H groups in total. The van der Waals surface area contributed by atoms with Crippen LogP contribution in [-0.2, 0) is 6.54 Å². The number of hydrogen-bond acceptors (Lipinski definition) is 4. The molecule has 1 atom stereocenters. The predicted octanol–water partition coefficient (Wildman–Crippen LogP) is 2.53. The third-order valence-corrected chi connectivity index (χ3v) is 4.54. The van der Waals surface area contributed by atoms with Gasteiger partial charge in [-0.05, 0) is 45.5 Å². The van der Waals surface area contributed by atoms with Crippen molar-refractivity contribution in [1.82, 2.24) is 19.4 Å². The highest BCUT2D eigenvalue weighted by Crippen LogP contribution is 2.28. The van der Waals surface area contributed by atoms with Gasteiger partial charge in [0.1, 0.15) is 11.6 Å². The number of hydrogen-bond donors (Lipinski definition) is 0. The second-order valence-electron chi connectivity index (χ2n) is 6.76. The van der Waals surface area contributed by atoms with E-state index in [2.05, 4.69) is 63.7 Å². The first-order valence-corrected chi connectivity index (χ1v) is 8.47. The van der Waals surface area contributed by atoms with Gasteiger partial charge in [0.05, 0.1) is 0 Å². The molecule has 0 aromatic carbocycles. The zero-order valence-electron chi connectivity index (χ0n) is 14.4. The van der Waals surface area contributed by atoms with Gasteiger partial charge in [-0.2, -0.15) is 0 Å². The summed E-state index contributed by atoms with van der Waals surface area (Å²) in [6.07, 6.45) is 8.41. The van der Waals surface area contributed by atoms with Gasteiger partial charge >= 0.3 is 0 Å². The van der Waals surface area contributed by atoms with Gasteiger partial charge in [-0.3, -0.25) is 0 Å². The molecule has 3 heterocycles. The molecule has 0 radical (unpaired) electrons. The quantitative estimate of drug-likeness (QED) is 0.850. The maximum atomic E-state index is 4.66. The van der Waals surface area contributed by atoms with Crippen LogP contribution in [0.4, 0.5) is 5.82 Å². The lowest BCUT2D eigenvalue weighted by molar-refractivity contribution is 0.373. The van der Waals surface area contributed by atoms with E-state index in [4.69, 9.17) is 0 Å². The van der Waals surface area contributed by atoms with Crippen molar-refractivity contribution in [3.63, 3.8) is 0 Å². The molecule has 5 nitrogen and oxygen atoms in total. The van der Waals surface area contributed by atoms with Crippen LogP contribution in [0.25, 0.3) is 0 Å². The number of rotatable bonds is 5. The smallest absolute Gasteiger partial charge is 0.128 e. The summed E-state index contributed by atoms with van der Waals surface area (Å²) in [7, 11) is 4.23. The van der Waals surface area contributed by atoms with Crippen LogP contribution in [0, 0.1) is 6.92 Å². The van der Waals surface area contributed by atoms with Crippen LogP contribution in [0.15, 0.2) is 30.7 Å². The Balaban J connectivity index is 1.71. The van der Waals surface area contributed by atoms with Crippen molar-refractivity contribution in [2.75, 3.05) is 38.6 Å². The maximum Gasteiger partial charge on any atom is 0.128 e. The molecular weight excluding hydrogens is 286 g/mol. The molecule has 1 aliphatic heterocycles. The van der Waals surface area contributed by atoms with Gasteiger partial charge in [0.15, 0.2) is 0 Å². The van der Waals surface area contributed by atoms with Gasteiger partial charge in [-0.15, -0.1) is 0 Å². The first-order valence-electron chi connectivity index (χ1n) is 8.47. The number of aromatic nitrogens is 3. The topological polar surface area (TPSA) is 37.2 Å². The lowest BCUT2D eigenvalue weighted by atomic mass is 9.97. The number of likely N-dealkylation sites (N-methyl/N-ethyl adjacent to an activating group) is 1. The molecule has 23 heavy (non-hydrogen) atoms. The molecule has 2 aromatic heterocycles. The van der Waals surface area contributed by atoms with E-state index in [0.717, 1.165) is 32.0 Å². The van der Waals surface area contributed by atoms with Crippen molar-refractivity contribution in [2.24, 2.45) is 0 Å². The summed E-state index contributed by atoms with van der Waals surface area (Å²) in [5.74, 6) is 2.80. The highest BCUT2D eigenvalue weighted by Gasteiger charge is 2.25. The average molecular weight is 313 g/mol. The van der Waals surface area contributed by atoms with Crippen molar-refractivity contribution in [3.8, 4) is 0 Å². The van der Waals surface area contributed by atoms with Crippen molar-refractivity contribution in [2.45, 2.75) is 32.2 Å². The largest absolute Gasteiger partial charge is 0.356 e. The van der Waals surface area contributed by atoms with Crippen LogP contribution in [0.5, 0.6) is 0 Å². The molecule has 2 aromatic rings. The van der Waals surface area contributed by atoms with Crippen LogP contribution in [0.3, 0.4) is 0 Å². The van der Waals surface area contributed by atoms with Crippen molar-refractivity contribution < 1.29 is 0 Å². The number of anilines is 1. The van der Waals surface area contributed by atoms with Crippen molar-refractivity contribution in [3.05, 3.63) is 42.1 Å². The van der Waals surface area contributed by atoms with Gasteiger partial charge in [-0.25, -0.2) is 9.97 Å². The highest BCUT2D eigenvalue weighted by atomic mass is 15.2. The lowest BCUT2D eigenvalue weighted by Gasteiger charge is -2.33. The molecule has 1 fully saturated rings. The highest BCUT2D eigenvalue weighted by molar-refractivity contribution is 5.40. The monoisotopic (exact) mass is 313 g/mol. The molecule has 5 heteroatoms. The standard InChI is InChI=1S/C18H27N5/c1-15-6-7-17(20-13-15)23-9-4-5-16(14-23)18-19-8-10-22(18)12-11-21(2)3/h6-8,10,13,16H,4-5,9,11-12,14H2,1-3H3/t16-/m0/s1. The molecule has 0 saturated carbocycles. The van der Waals surface area contributed by atoms with E-state index in [1.54, 1.807) is 0 Å². The Morgan fingerprint density at radius 3 is 2.87 bits per heavy atom. The number of pyridine rings is 1. The van der Waals surface area contributed by atoms with Gasteiger partial charge in [-0.1, -0.05) is 6.07 Å². The molecule has 0 unspecified atom stereocenters. The summed E-state index contributed by atoms with van der Waals surface area (Å²) in [4.78, 5) is 13.9. The van der Waals surface area contributed by atoms with E-state index in [-0.39, 0.29) is 0 Å². The second-order valence-corrected chi connectivity index (χ2v) is 6.76. The lowest BCUT2D eigenvalue weighted by Crippen LogP contribution is -2.36. The fraction of sp³-hybridized carbons (Fsp3) is 0.556. The molecule has 0 amide bonds. The summed E-state index contributed by atoms with van der Waals surface area (Å²) in [5, 5.41) is 0. The summed E-state index contributed by atoms with van der Waals surface area (Å²) < 4.78 is 2.32. The van der Waals surface area contributed by atoms with Crippen molar-refractivity contribution in [1.29, 1.82) is 0 Å². The fourth-order valence-corrected chi connectivity index (χ4v) is 3.22. The van der Waals surface area contributed by atoms with Crippen molar-refractivity contribution >= 4 is 5.82 Å². The fourth-order valence-electron chi connectivity index (χ4n) is 3.22. The second kappa shape index (κ2) is 7.13. The zero-order chi connectivity index (χ0) is 16.2. The van der Waals surface area contributed by atoms with E-state index in [1.165, 1.54) is 24.2 Å². The van der Waals surface area contributed by atoms with Gasteiger partial charge in [0, 0.05) is 50.7 Å². The Morgan fingerprint density at radius 2 is 2.13 bits per heavy atom. The Hall–Kier alpha value is -1.88. The molecule has 3 rings (SSSR count). The number of piperidine rings is 1. The van der Waals surface area contributed by atoms with Crippen LogP contribution in [0.1, 0.15) is 30.1 Å². The van der Waals surface area contributed by atoms with Gasteiger partial charge in [0.2, 0.25) is 0 Å². The number of nitrogens with zero attached hydrogens (tertiary/aromatic N) is 5. The minimum Gasteiger partial charge on any atom is -0.356 e. The number of imidazole rings is 1. The van der Waals surface area contributed by atoms with E-state index >= 15 is 0 Å². The minimum atomic E-state index is 0.490. The van der Waals surface area contributed by atoms with Gasteiger partial charge < -0.3 is 14.4 Å². The minimum absolute atomic E-state index is 0.490. The van der Waals surface area contributed by atoms with Crippen LogP contribution in [0.2, 0.25) is 0 Å². The summed E-state index contributed by atoms with van der Waals surface area (Å²) >= 11 is 0. The molecule has 0 spiro atoms.